The molecule has 1 aliphatic carbocycles. The summed E-state index contributed by atoms with van der Waals surface area (Å²) in [5.41, 5.74) is 2.71. The molecule has 2 aliphatic rings. The first-order chi connectivity index (χ1) is 17.1. The first kappa shape index (κ1) is 23.4. The predicted molar refractivity (Wildman–Crippen MR) is 136 cm³/mol. The van der Waals surface area contributed by atoms with Crippen molar-refractivity contribution in [2.75, 3.05) is 26.8 Å². The number of methoxy groups -OCH3 is 1. The molecule has 2 aromatic carbocycles. The maximum absolute atomic E-state index is 13.7. The number of amides is 2. The third-order valence-electron chi connectivity index (χ3n) is 6.80. The molecule has 0 unspecified atom stereocenters. The van der Waals surface area contributed by atoms with Crippen LogP contribution >= 0.6 is 11.3 Å². The highest BCUT2D eigenvalue weighted by molar-refractivity contribution is 7.10. The van der Waals surface area contributed by atoms with Gasteiger partial charge in [0.2, 0.25) is 5.91 Å². The van der Waals surface area contributed by atoms with E-state index in [0.29, 0.717) is 24.5 Å². The lowest BCUT2D eigenvalue weighted by molar-refractivity contribution is -0.135. The number of carbonyl (C=O) groups is 2. The fourth-order valence-electron chi connectivity index (χ4n) is 4.73. The SMILES string of the molecule is COc1ccccc1C(=O)N(CC(=O)N1CCc2sccc2[C@@H]1COc1ccccc1C)C1CC1. The van der Waals surface area contributed by atoms with Gasteiger partial charge in [-0.2, -0.15) is 0 Å². The van der Waals surface area contributed by atoms with E-state index in [2.05, 4.69) is 11.4 Å². The van der Waals surface area contributed by atoms with Crippen LogP contribution in [-0.2, 0) is 11.2 Å². The molecule has 35 heavy (non-hydrogen) atoms. The number of thiophene rings is 1. The van der Waals surface area contributed by atoms with E-state index in [1.54, 1.807) is 35.5 Å². The van der Waals surface area contributed by atoms with Gasteiger partial charge >= 0.3 is 0 Å². The van der Waals surface area contributed by atoms with Crippen molar-refractivity contribution >= 4 is 23.2 Å². The van der Waals surface area contributed by atoms with Crippen molar-refractivity contribution in [1.82, 2.24) is 9.80 Å². The van der Waals surface area contributed by atoms with Crippen LogP contribution in [0.25, 0.3) is 0 Å². The topological polar surface area (TPSA) is 59.1 Å². The molecule has 1 aromatic heterocycles. The second kappa shape index (κ2) is 10.1. The molecule has 1 saturated carbocycles. The standard InChI is InChI=1S/C28H30N2O4S/c1-19-7-3-5-9-24(19)34-18-23-21-14-16-35-26(21)13-15-29(23)27(31)17-30(20-11-12-20)28(32)22-8-4-6-10-25(22)33-2/h3-10,14,16,20,23H,11-13,15,17-18H2,1-2H3/t23-/m0/s1. The fraction of sp³-hybridized carbons (Fsp3) is 0.357. The largest absolute Gasteiger partial charge is 0.496 e. The Labute approximate surface area is 210 Å². The number of fused-ring (bicyclic) bond motifs is 1. The molecule has 0 N–H and O–H groups in total. The minimum Gasteiger partial charge on any atom is -0.496 e. The number of benzene rings is 2. The molecule has 0 spiro atoms. The zero-order valence-electron chi connectivity index (χ0n) is 20.1. The Hall–Kier alpha value is -3.32. The number of nitrogens with zero attached hydrogens (tertiary/aromatic N) is 2. The summed E-state index contributed by atoms with van der Waals surface area (Å²) < 4.78 is 11.6. The monoisotopic (exact) mass is 490 g/mol. The summed E-state index contributed by atoms with van der Waals surface area (Å²) >= 11 is 1.73. The van der Waals surface area contributed by atoms with Gasteiger partial charge < -0.3 is 19.3 Å². The van der Waals surface area contributed by atoms with Crippen molar-refractivity contribution in [3.05, 3.63) is 81.5 Å². The molecule has 1 fully saturated rings. The van der Waals surface area contributed by atoms with E-state index >= 15 is 0 Å². The van der Waals surface area contributed by atoms with Crippen molar-refractivity contribution in [3.63, 3.8) is 0 Å². The van der Waals surface area contributed by atoms with Gasteiger partial charge in [-0.05, 0) is 67.0 Å². The molecular formula is C28H30N2O4S. The molecular weight excluding hydrogens is 460 g/mol. The third kappa shape index (κ3) is 4.91. The number of hydrogen-bond donors (Lipinski definition) is 0. The molecule has 7 heteroatoms. The predicted octanol–water partition coefficient (Wildman–Crippen LogP) is 4.87. The summed E-state index contributed by atoms with van der Waals surface area (Å²) in [6.45, 7) is 3.08. The van der Waals surface area contributed by atoms with Gasteiger partial charge in [-0.1, -0.05) is 30.3 Å². The second-order valence-corrected chi connectivity index (χ2v) is 10.1. The van der Waals surface area contributed by atoms with Crippen LogP contribution in [0.5, 0.6) is 11.5 Å². The molecule has 182 valence electrons. The first-order valence-electron chi connectivity index (χ1n) is 12.0. The van der Waals surface area contributed by atoms with E-state index in [1.807, 2.05) is 48.2 Å². The van der Waals surface area contributed by atoms with Crippen LogP contribution in [0.1, 0.15) is 45.2 Å². The Balaban J connectivity index is 1.36. The highest BCUT2D eigenvalue weighted by atomic mass is 32.1. The summed E-state index contributed by atoms with van der Waals surface area (Å²) in [5.74, 6) is 1.16. The molecule has 1 aliphatic heterocycles. The number of ether oxygens (including phenoxy) is 2. The zero-order chi connectivity index (χ0) is 24.4. The van der Waals surface area contributed by atoms with Gasteiger partial charge in [-0.3, -0.25) is 9.59 Å². The number of hydrogen-bond acceptors (Lipinski definition) is 5. The fourth-order valence-corrected chi connectivity index (χ4v) is 5.66. The number of rotatable bonds is 8. The summed E-state index contributed by atoms with van der Waals surface area (Å²) in [6.07, 6.45) is 2.66. The van der Waals surface area contributed by atoms with Gasteiger partial charge in [0.15, 0.2) is 0 Å². The van der Waals surface area contributed by atoms with Crippen molar-refractivity contribution in [2.24, 2.45) is 0 Å². The second-order valence-electron chi connectivity index (χ2n) is 9.09. The van der Waals surface area contributed by atoms with E-state index in [1.165, 1.54) is 4.88 Å². The summed E-state index contributed by atoms with van der Waals surface area (Å²) in [6, 6.07) is 17.1. The number of aryl methyl sites for hydroxylation is 1. The molecule has 2 heterocycles. The van der Waals surface area contributed by atoms with Gasteiger partial charge in [0.05, 0.1) is 18.7 Å². The van der Waals surface area contributed by atoms with Gasteiger partial charge in [0.1, 0.15) is 24.7 Å². The van der Waals surface area contributed by atoms with Gasteiger partial charge in [0, 0.05) is 17.5 Å². The third-order valence-corrected chi connectivity index (χ3v) is 7.79. The quantitative estimate of drug-likeness (QED) is 0.452. The van der Waals surface area contributed by atoms with Crippen LogP contribution in [0, 0.1) is 6.92 Å². The van der Waals surface area contributed by atoms with Crippen molar-refractivity contribution in [2.45, 2.75) is 38.3 Å². The zero-order valence-corrected chi connectivity index (χ0v) is 20.9. The maximum Gasteiger partial charge on any atom is 0.258 e. The lowest BCUT2D eigenvalue weighted by atomic mass is 10.00. The summed E-state index contributed by atoms with van der Waals surface area (Å²) in [4.78, 5) is 32.1. The Kier molecular flexibility index (Phi) is 6.77. The summed E-state index contributed by atoms with van der Waals surface area (Å²) in [7, 11) is 1.56. The van der Waals surface area contributed by atoms with Gasteiger partial charge in [-0.15, -0.1) is 11.3 Å². The van der Waals surface area contributed by atoms with E-state index in [-0.39, 0.29) is 30.4 Å². The summed E-state index contributed by atoms with van der Waals surface area (Å²) in [5, 5.41) is 2.08. The van der Waals surface area contributed by atoms with Crippen LogP contribution in [0.3, 0.4) is 0 Å². The average molecular weight is 491 g/mol. The smallest absolute Gasteiger partial charge is 0.258 e. The van der Waals surface area contributed by atoms with Crippen molar-refractivity contribution in [1.29, 1.82) is 0 Å². The Morgan fingerprint density at radius 2 is 1.80 bits per heavy atom. The Morgan fingerprint density at radius 1 is 1.06 bits per heavy atom. The highest BCUT2D eigenvalue weighted by Gasteiger charge is 2.38. The van der Waals surface area contributed by atoms with Gasteiger partial charge in [-0.25, -0.2) is 0 Å². The average Bonchev–Trinajstić information content (AvgIpc) is 3.61. The minimum absolute atomic E-state index is 0.0459. The molecule has 0 saturated heterocycles. The number of carbonyl (C=O) groups excluding carboxylic acids is 2. The van der Waals surface area contributed by atoms with Crippen LogP contribution in [0.4, 0.5) is 0 Å². The molecule has 1 atom stereocenters. The maximum atomic E-state index is 13.7. The molecule has 0 radical (unpaired) electrons. The lowest BCUT2D eigenvalue weighted by Crippen LogP contribution is -2.48. The highest BCUT2D eigenvalue weighted by Crippen LogP contribution is 2.35. The number of para-hydroxylation sites is 2. The van der Waals surface area contributed by atoms with E-state index < -0.39 is 0 Å². The van der Waals surface area contributed by atoms with E-state index in [4.69, 9.17) is 9.47 Å². The molecule has 2 amide bonds. The first-order valence-corrected chi connectivity index (χ1v) is 12.9. The van der Waals surface area contributed by atoms with Crippen LogP contribution in [0.15, 0.2) is 60.0 Å². The Bertz CT molecular complexity index is 1220. The van der Waals surface area contributed by atoms with Gasteiger partial charge in [0.25, 0.3) is 5.91 Å². The Morgan fingerprint density at radius 3 is 2.54 bits per heavy atom. The molecule has 5 rings (SSSR count). The lowest BCUT2D eigenvalue weighted by Gasteiger charge is -2.37. The molecule has 0 bridgehead atoms. The van der Waals surface area contributed by atoms with Crippen molar-refractivity contribution in [3.8, 4) is 11.5 Å². The minimum atomic E-state index is -0.181. The van der Waals surface area contributed by atoms with E-state index in [9.17, 15) is 9.59 Å². The normalized spacial score (nSPS) is 17.0. The van der Waals surface area contributed by atoms with Crippen LogP contribution < -0.4 is 9.47 Å². The van der Waals surface area contributed by atoms with Crippen LogP contribution in [-0.4, -0.2) is 54.5 Å². The van der Waals surface area contributed by atoms with Crippen molar-refractivity contribution < 1.29 is 19.1 Å². The molecule has 3 aromatic rings. The van der Waals surface area contributed by atoms with E-state index in [0.717, 1.165) is 36.1 Å². The molecule has 6 nitrogen and oxygen atoms in total. The van der Waals surface area contributed by atoms with Crippen LogP contribution in [0.2, 0.25) is 0 Å².